The molecule has 3 N–H and O–H groups in total. The number of rotatable bonds is 5. The number of hydrogen-bond donors (Lipinski definition) is 2. The summed E-state index contributed by atoms with van der Waals surface area (Å²) in [6, 6.07) is 10.6. The van der Waals surface area contributed by atoms with E-state index in [2.05, 4.69) is 46.2 Å². The molecule has 1 aromatic carbocycles. The van der Waals surface area contributed by atoms with Crippen LogP contribution in [-0.2, 0) is 6.42 Å². The molecule has 6 nitrogen and oxygen atoms in total. The smallest absolute Gasteiger partial charge is 0.226 e. The number of fused-ring (bicyclic) bond motifs is 1. The molecule has 0 aliphatic heterocycles. The first-order valence-corrected chi connectivity index (χ1v) is 7.43. The molecule has 0 spiro atoms. The van der Waals surface area contributed by atoms with Crippen LogP contribution in [0.1, 0.15) is 25.5 Å². The van der Waals surface area contributed by atoms with Gasteiger partial charge >= 0.3 is 0 Å². The van der Waals surface area contributed by atoms with Gasteiger partial charge in [0.05, 0.1) is 6.33 Å². The molecule has 0 bridgehead atoms. The van der Waals surface area contributed by atoms with E-state index in [0.29, 0.717) is 17.3 Å². The molecule has 0 amide bonds. The highest BCUT2D eigenvalue weighted by molar-refractivity contribution is 5.82. The Balaban J connectivity index is 1.77. The van der Waals surface area contributed by atoms with Crippen molar-refractivity contribution in [1.82, 2.24) is 19.5 Å². The molecule has 3 aromatic rings. The van der Waals surface area contributed by atoms with Crippen molar-refractivity contribution in [2.45, 2.75) is 26.3 Å². The average Bonchev–Trinajstić information content (AvgIpc) is 2.93. The fourth-order valence-corrected chi connectivity index (χ4v) is 2.36. The Morgan fingerprint density at radius 1 is 1.18 bits per heavy atom. The summed E-state index contributed by atoms with van der Waals surface area (Å²) in [4.78, 5) is 13.1. The zero-order valence-electron chi connectivity index (χ0n) is 12.8. The van der Waals surface area contributed by atoms with Crippen molar-refractivity contribution < 1.29 is 0 Å². The lowest BCUT2D eigenvalue weighted by molar-refractivity contribution is 0.613. The van der Waals surface area contributed by atoms with Crippen molar-refractivity contribution in [1.29, 1.82) is 0 Å². The molecule has 0 radical (unpaired) electrons. The highest BCUT2D eigenvalue weighted by atomic mass is 15.2. The minimum absolute atomic E-state index is 0.275. The molecule has 0 unspecified atom stereocenters. The van der Waals surface area contributed by atoms with Crippen molar-refractivity contribution in [2.75, 3.05) is 17.6 Å². The van der Waals surface area contributed by atoms with Crippen LogP contribution in [0.2, 0.25) is 0 Å². The minimum atomic E-state index is 0.275. The first kappa shape index (κ1) is 14.3. The van der Waals surface area contributed by atoms with Gasteiger partial charge in [0.1, 0.15) is 5.52 Å². The fourth-order valence-electron chi connectivity index (χ4n) is 2.36. The van der Waals surface area contributed by atoms with E-state index in [9.17, 15) is 0 Å². The van der Waals surface area contributed by atoms with Gasteiger partial charge in [-0.25, -0.2) is 4.98 Å². The van der Waals surface area contributed by atoms with E-state index in [1.54, 1.807) is 6.33 Å². The van der Waals surface area contributed by atoms with Crippen LogP contribution < -0.4 is 11.1 Å². The molecule has 2 aromatic heterocycles. The summed E-state index contributed by atoms with van der Waals surface area (Å²) in [5, 5.41) is 3.24. The Kier molecular flexibility index (Phi) is 3.91. The summed E-state index contributed by atoms with van der Waals surface area (Å²) in [7, 11) is 0. The van der Waals surface area contributed by atoms with Gasteiger partial charge in [0, 0.05) is 12.6 Å². The lowest BCUT2D eigenvalue weighted by atomic mass is 10.1. The predicted octanol–water partition coefficient (Wildman–Crippen LogP) is 2.64. The van der Waals surface area contributed by atoms with Crippen molar-refractivity contribution >= 4 is 22.9 Å². The van der Waals surface area contributed by atoms with Crippen LogP contribution in [-0.4, -0.2) is 26.1 Å². The lowest BCUT2D eigenvalue weighted by Crippen LogP contribution is -2.10. The molecule has 114 valence electrons. The topological polar surface area (TPSA) is 81.7 Å². The van der Waals surface area contributed by atoms with E-state index in [1.165, 1.54) is 5.56 Å². The second-order valence-electron chi connectivity index (χ2n) is 5.51. The van der Waals surface area contributed by atoms with Gasteiger partial charge in [-0.3, -0.25) is 0 Å². The molecular formula is C16H20N6. The third-order valence-electron chi connectivity index (χ3n) is 3.54. The Bertz CT molecular complexity index is 763. The van der Waals surface area contributed by atoms with Gasteiger partial charge in [-0.05, 0) is 25.8 Å². The molecule has 0 fully saturated rings. The van der Waals surface area contributed by atoms with Gasteiger partial charge in [-0.15, -0.1) is 0 Å². The quantitative estimate of drug-likeness (QED) is 0.756. The number of nitrogens with one attached hydrogen (secondary N) is 1. The number of aromatic nitrogens is 4. The van der Waals surface area contributed by atoms with Gasteiger partial charge in [0.25, 0.3) is 0 Å². The fraction of sp³-hybridized carbons (Fsp3) is 0.312. The zero-order chi connectivity index (χ0) is 15.5. The summed E-state index contributed by atoms with van der Waals surface area (Å²) >= 11 is 0. The summed E-state index contributed by atoms with van der Waals surface area (Å²) < 4.78 is 2.00. The third-order valence-corrected chi connectivity index (χ3v) is 3.54. The number of nitrogens with two attached hydrogens (primary N) is 1. The standard InChI is InChI=1S/C16H20N6/c1-11(2)22-10-19-13-14(17)20-16(21-15(13)22)18-9-8-12-6-4-3-5-7-12/h3-7,10-11H,8-9H2,1-2H3,(H3,17,18,20,21). The minimum Gasteiger partial charge on any atom is -0.382 e. The van der Waals surface area contributed by atoms with Crippen LogP contribution in [0.4, 0.5) is 11.8 Å². The average molecular weight is 296 g/mol. The number of hydrogen-bond acceptors (Lipinski definition) is 5. The van der Waals surface area contributed by atoms with Crippen LogP contribution in [0.5, 0.6) is 0 Å². The van der Waals surface area contributed by atoms with Crippen LogP contribution in [0.3, 0.4) is 0 Å². The van der Waals surface area contributed by atoms with E-state index >= 15 is 0 Å². The predicted molar refractivity (Wildman–Crippen MR) is 88.8 cm³/mol. The summed E-state index contributed by atoms with van der Waals surface area (Å²) in [6.45, 7) is 4.93. The number of benzene rings is 1. The highest BCUT2D eigenvalue weighted by Crippen LogP contribution is 2.20. The maximum absolute atomic E-state index is 5.99. The molecule has 22 heavy (non-hydrogen) atoms. The normalized spacial score (nSPS) is 11.2. The van der Waals surface area contributed by atoms with Gasteiger partial charge in [0.2, 0.25) is 5.95 Å². The Labute approximate surface area is 129 Å². The second-order valence-corrected chi connectivity index (χ2v) is 5.51. The number of anilines is 2. The molecule has 0 saturated heterocycles. The number of nitrogens with zero attached hydrogens (tertiary/aromatic N) is 4. The molecule has 0 saturated carbocycles. The van der Waals surface area contributed by atoms with Crippen molar-refractivity contribution in [3.05, 3.63) is 42.2 Å². The van der Waals surface area contributed by atoms with Crippen molar-refractivity contribution in [2.24, 2.45) is 0 Å². The maximum atomic E-state index is 5.99. The van der Waals surface area contributed by atoms with Crippen LogP contribution in [0.25, 0.3) is 11.2 Å². The monoisotopic (exact) mass is 296 g/mol. The molecule has 0 atom stereocenters. The van der Waals surface area contributed by atoms with Crippen molar-refractivity contribution in [3.63, 3.8) is 0 Å². The zero-order valence-corrected chi connectivity index (χ0v) is 12.8. The Morgan fingerprint density at radius 2 is 1.95 bits per heavy atom. The van der Waals surface area contributed by atoms with E-state index < -0.39 is 0 Å². The Hall–Kier alpha value is -2.63. The maximum Gasteiger partial charge on any atom is 0.226 e. The van der Waals surface area contributed by atoms with E-state index in [4.69, 9.17) is 5.73 Å². The first-order valence-electron chi connectivity index (χ1n) is 7.43. The molecule has 0 aliphatic carbocycles. The molecular weight excluding hydrogens is 276 g/mol. The molecule has 3 rings (SSSR count). The third kappa shape index (κ3) is 2.86. The van der Waals surface area contributed by atoms with Crippen LogP contribution >= 0.6 is 0 Å². The van der Waals surface area contributed by atoms with Gasteiger partial charge in [-0.2, -0.15) is 9.97 Å². The van der Waals surface area contributed by atoms with Crippen LogP contribution in [0.15, 0.2) is 36.7 Å². The summed E-state index contributed by atoms with van der Waals surface area (Å²) in [5.74, 6) is 0.954. The first-order chi connectivity index (χ1) is 10.6. The lowest BCUT2D eigenvalue weighted by Gasteiger charge is -2.09. The molecule has 0 aliphatic rings. The highest BCUT2D eigenvalue weighted by Gasteiger charge is 2.12. The Morgan fingerprint density at radius 3 is 2.68 bits per heavy atom. The van der Waals surface area contributed by atoms with Gasteiger partial charge in [0.15, 0.2) is 11.5 Å². The summed E-state index contributed by atoms with van der Waals surface area (Å²) in [6.07, 6.45) is 2.67. The number of nitrogen functional groups attached to an aromatic ring is 1. The van der Waals surface area contributed by atoms with E-state index in [1.807, 2.05) is 22.8 Å². The SMILES string of the molecule is CC(C)n1cnc2c(N)nc(NCCc3ccccc3)nc21. The van der Waals surface area contributed by atoms with Gasteiger partial charge < -0.3 is 15.6 Å². The summed E-state index contributed by atoms with van der Waals surface area (Å²) in [5.41, 5.74) is 8.68. The largest absolute Gasteiger partial charge is 0.382 e. The van der Waals surface area contributed by atoms with Gasteiger partial charge in [-0.1, -0.05) is 30.3 Å². The molecule has 2 heterocycles. The van der Waals surface area contributed by atoms with Crippen LogP contribution in [0, 0.1) is 0 Å². The second kappa shape index (κ2) is 6.01. The number of imidazole rings is 1. The van der Waals surface area contributed by atoms with E-state index in [0.717, 1.165) is 18.6 Å². The van der Waals surface area contributed by atoms with Crippen molar-refractivity contribution in [3.8, 4) is 0 Å². The van der Waals surface area contributed by atoms with E-state index in [-0.39, 0.29) is 6.04 Å². The molecule has 6 heteroatoms.